The fourth-order valence-corrected chi connectivity index (χ4v) is 6.08. The molecule has 0 aliphatic rings. The van der Waals surface area contributed by atoms with Crippen LogP contribution in [0.1, 0.15) is 30.3 Å². The van der Waals surface area contributed by atoms with Gasteiger partial charge in [0.05, 0.1) is 41.9 Å². The topological polar surface area (TPSA) is 229 Å². The van der Waals surface area contributed by atoms with Crippen LogP contribution >= 0.6 is 11.3 Å². The van der Waals surface area contributed by atoms with Crippen LogP contribution in [-0.2, 0) is 57.1 Å². The lowest BCUT2D eigenvalue weighted by Crippen LogP contribution is -2.45. The lowest BCUT2D eigenvalue weighted by molar-refractivity contribution is -0.144. The van der Waals surface area contributed by atoms with Crippen molar-refractivity contribution < 1.29 is 37.3 Å². The highest BCUT2D eigenvalue weighted by molar-refractivity contribution is 7.91. The quantitative estimate of drug-likeness (QED) is 0.118. The number of benzene rings is 2. The Bertz CT molecular complexity index is 1980. The van der Waals surface area contributed by atoms with E-state index in [1.165, 1.54) is 10.9 Å². The van der Waals surface area contributed by atoms with E-state index in [9.17, 15) is 23.1 Å². The number of carboxylic acid groups (broad SMARTS) is 1. The van der Waals surface area contributed by atoms with Gasteiger partial charge in [-0.15, -0.1) is 21.5 Å². The zero-order valence-electron chi connectivity index (χ0n) is 25.8. The van der Waals surface area contributed by atoms with Crippen LogP contribution in [-0.4, -0.2) is 79.6 Å². The maximum Gasteiger partial charge on any atom is 0.328 e. The number of hydrogen-bond acceptors (Lipinski definition) is 13. The molecular weight excluding hydrogens is 667 g/mol. The van der Waals surface area contributed by atoms with Crippen LogP contribution < -0.4 is 19.9 Å². The minimum absolute atomic E-state index is 0.00745. The van der Waals surface area contributed by atoms with Gasteiger partial charge < -0.3 is 24.6 Å². The number of carboxylic acids is 1. The average molecular weight is 700 g/mol. The van der Waals surface area contributed by atoms with Gasteiger partial charge in [-0.3, -0.25) is 4.79 Å². The third-order valence-electron chi connectivity index (χ3n) is 6.63. The number of thiazole rings is 1. The molecule has 3 heterocycles. The molecule has 0 aliphatic carbocycles. The molecule has 17 nitrogen and oxygen atoms in total. The van der Waals surface area contributed by atoms with E-state index < -0.39 is 27.9 Å². The highest BCUT2D eigenvalue weighted by atomic mass is 32.2. The summed E-state index contributed by atoms with van der Waals surface area (Å²) in [7, 11) is -3.92. The standard InChI is InChI=1S/C29H33N9O8S2/c1-2-4-20-13-37(35-33-20)9-10-45-22-6-3-5-19(11-22)16-44-18-25(28(40)41)31-27(39)15-38-14-21(34-36-38)17-46-23-7-8-24-26(12-23)47-29(32-24)48(30,42)43/h3,5-8,11-14,25H,2,4,9-10,15-18H2,1H3,(H,31,39)(H,40,41)(H2,30,42,43)/t25-/m1/s1. The molecule has 0 unspecified atom stereocenters. The van der Waals surface area contributed by atoms with Crippen molar-refractivity contribution in [2.75, 3.05) is 13.2 Å². The number of carbonyl (C=O) groups excluding carboxylic acids is 1. The molecule has 0 radical (unpaired) electrons. The predicted octanol–water partition coefficient (Wildman–Crippen LogP) is 1.52. The van der Waals surface area contributed by atoms with Gasteiger partial charge in [-0.1, -0.05) is 35.9 Å². The number of primary sulfonamides is 1. The molecule has 1 atom stereocenters. The Labute approximate surface area is 278 Å². The molecule has 0 saturated carbocycles. The second kappa shape index (κ2) is 15.7. The van der Waals surface area contributed by atoms with Crippen LogP contribution in [0.2, 0.25) is 0 Å². The molecule has 5 rings (SSSR count). The van der Waals surface area contributed by atoms with Crippen LogP contribution in [0, 0.1) is 0 Å². The van der Waals surface area contributed by atoms with E-state index in [4.69, 9.17) is 19.3 Å². The van der Waals surface area contributed by atoms with E-state index in [0.29, 0.717) is 40.6 Å². The van der Waals surface area contributed by atoms with Gasteiger partial charge in [-0.25, -0.2) is 32.7 Å². The number of amides is 1. The fourth-order valence-electron chi connectivity index (χ4n) is 4.39. The van der Waals surface area contributed by atoms with E-state index in [1.807, 2.05) is 24.4 Å². The molecule has 5 aromatic rings. The van der Waals surface area contributed by atoms with Gasteiger partial charge in [0, 0.05) is 6.20 Å². The van der Waals surface area contributed by atoms with Crippen LogP contribution in [0.4, 0.5) is 0 Å². The van der Waals surface area contributed by atoms with E-state index in [2.05, 4.69) is 37.8 Å². The van der Waals surface area contributed by atoms with Crippen molar-refractivity contribution in [2.24, 2.45) is 5.14 Å². The summed E-state index contributed by atoms with van der Waals surface area (Å²) >= 11 is 0.925. The van der Waals surface area contributed by atoms with Gasteiger partial charge in [-0.2, -0.15) is 0 Å². The summed E-state index contributed by atoms with van der Waals surface area (Å²) in [6.07, 6.45) is 5.26. The van der Waals surface area contributed by atoms with Gasteiger partial charge in [0.1, 0.15) is 37.0 Å². The van der Waals surface area contributed by atoms with Crippen molar-refractivity contribution >= 4 is 43.5 Å². The zero-order chi connectivity index (χ0) is 34.1. The Morgan fingerprint density at radius 2 is 1.79 bits per heavy atom. The molecule has 0 fully saturated rings. The fraction of sp³-hybridized carbons (Fsp3) is 0.345. The third-order valence-corrected chi connectivity index (χ3v) is 8.97. The normalized spacial score (nSPS) is 12.2. The zero-order valence-corrected chi connectivity index (χ0v) is 27.4. The first kappa shape index (κ1) is 34.4. The summed E-state index contributed by atoms with van der Waals surface area (Å²) in [5.41, 5.74) is 2.58. The first-order valence-corrected chi connectivity index (χ1v) is 17.1. The number of carbonyl (C=O) groups is 2. The number of nitrogens with two attached hydrogens (primary N) is 1. The predicted molar refractivity (Wildman–Crippen MR) is 171 cm³/mol. The number of aryl methyl sites for hydroxylation is 1. The molecule has 0 aliphatic heterocycles. The number of rotatable bonds is 18. The Morgan fingerprint density at radius 1 is 1.02 bits per heavy atom. The molecule has 0 saturated heterocycles. The molecule has 0 bridgehead atoms. The molecule has 4 N–H and O–H groups in total. The highest BCUT2D eigenvalue weighted by Crippen LogP contribution is 2.28. The summed E-state index contributed by atoms with van der Waals surface area (Å²) in [4.78, 5) is 28.4. The number of aromatic nitrogens is 7. The number of nitrogens with zero attached hydrogens (tertiary/aromatic N) is 7. The van der Waals surface area contributed by atoms with Crippen molar-refractivity contribution in [3.05, 3.63) is 71.8 Å². The van der Waals surface area contributed by atoms with Gasteiger partial charge in [0.2, 0.25) is 10.2 Å². The summed E-state index contributed by atoms with van der Waals surface area (Å²) in [5, 5.41) is 33.3. The minimum Gasteiger partial charge on any atom is -0.492 e. The van der Waals surface area contributed by atoms with Crippen LogP contribution in [0.3, 0.4) is 0 Å². The smallest absolute Gasteiger partial charge is 0.328 e. The highest BCUT2D eigenvalue weighted by Gasteiger charge is 2.21. The molecular formula is C29H33N9O8S2. The maximum atomic E-state index is 12.6. The van der Waals surface area contributed by atoms with Crippen molar-refractivity contribution in [3.8, 4) is 11.5 Å². The van der Waals surface area contributed by atoms with Gasteiger partial charge >= 0.3 is 5.97 Å². The van der Waals surface area contributed by atoms with Crippen molar-refractivity contribution in [1.82, 2.24) is 40.3 Å². The molecule has 0 spiro atoms. The summed E-state index contributed by atoms with van der Waals surface area (Å²) in [5.74, 6) is -0.788. The summed E-state index contributed by atoms with van der Waals surface area (Å²) < 4.78 is 43.6. The van der Waals surface area contributed by atoms with Crippen molar-refractivity contribution in [1.29, 1.82) is 0 Å². The van der Waals surface area contributed by atoms with Gasteiger partial charge in [0.15, 0.2) is 6.04 Å². The number of ether oxygens (including phenoxy) is 3. The second-order valence-electron chi connectivity index (χ2n) is 10.5. The number of aliphatic carboxylic acids is 1. The van der Waals surface area contributed by atoms with E-state index in [-0.39, 0.29) is 30.7 Å². The van der Waals surface area contributed by atoms with Crippen molar-refractivity contribution in [2.45, 2.75) is 56.5 Å². The summed E-state index contributed by atoms with van der Waals surface area (Å²) in [6.45, 7) is 2.58. The Kier molecular flexibility index (Phi) is 11.3. The molecule has 19 heteroatoms. The SMILES string of the molecule is CCCc1cn(CCOc2cccc(COC[C@@H](NC(=O)Cn3cc(COc4ccc5nc(S(N)(=O)=O)sc5c4)nn3)C(=O)O)c2)nn1. The number of sulfonamides is 1. The van der Waals surface area contributed by atoms with Crippen LogP contribution in [0.15, 0.2) is 59.2 Å². The number of fused-ring (bicyclic) bond motifs is 1. The van der Waals surface area contributed by atoms with Crippen LogP contribution in [0.25, 0.3) is 10.2 Å². The molecule has 2 aromatic carbocycles. The Hall–Kier alpha value is -4.98. The monoisotopic (exact) mass is 699 g/mol. The van der Waals surface area contributed by atoms with Crippen molar-refractivity contribution in [3.63, 3.8) is 0 Å². The number of nitrogens with one attached hydrogen (secondary N) is 1. The Balaban J connectivity index is 1.04. The molecule has 48 heavy (non-hydrogen) atoms. The maximum absolute atomic E-state index is 12.6. The second-order valence-corrected chi connectivity index (χ2v) is 13.3. The first-order valence-electron chi connectivity index (χ1n) is 14.7. The minimum atomic E-state index is -3.92. The lowest BCUT2D eigenvalue weighted by atomic mass is 10.2. The lowest BCUT2D eigenvalue weighted by Gasteiger charge is -2.15. The van der Waals surface area contributed by atoms with Gasteiger partial charge in [0.25, 0.3) is 10.0 Å². The van der Waals surface area contributed by atoms with E-state index in [1.54, 1.807) is 28.9 Å². The molecule has 1 amide bonds. The molecule has 3 aromatic heterocycles. The van der Waals surface area contributed by atoms with Gasteiger partial charge in [-0.05, 0) is 42.3 Å². The Morgan fingerprint density at radius 3 is 2.58 bits per heavy atom. The first-order chi connectivity index (χ1) is 23.1. The molecule has 254 valence electrons. The largest absolute Gasteiger partial charge is 0.492 e. The van der Waals surface area contributed by atoms with Crippen LogP contribution in [0.5, 0.6) is 11.5 Å². The van der Waals surface area contributed by atoms with E-state index in [0.717, 1.165) is 35.4 Å². The average Bonchev–Trinajstić information content (AvgIpc) is 3.80. The van der Waals surface area contributed by atoms with E-state index >= 15 is 0 Å². The summed E-state index contributed by atoms with van der Waals surface area (Å²) in [6, 6.07) is 10.8. The third kappa shape index (κ3) is 9.77. The number of hydrogen-bond donors (Lipinski definition) is 3.